The summed E-state index contributed by atoms with van der Waals surface area (Å²) in [6.45, 7) is 6.08. The Morgan fingerprint density at radius 3 is 2.55 bits per heavy atom. The van der Waals surface area contributed by atoms with Gasteiger partial charge < -0.3 is 5.73 Å². The van der Waals surface area contributed by atoms with Crippen molar-refractivity contribution in [1.29, 1.82) is 0 Å². The van der Waals surface area contributed by atoms with Crippen LogP contribution in [0.2, 0.25) is 0 Å². The monoisotopic (exact) mass is 267 g/mol. The van der Waals surface area contributed by atoms with Gasteiger partial charge in [-0.2, -0.15) is 9.61 Å². The van der Waals surface area contributed by atoms with Crippen molar-refractivity contribution >= 4 is 5.65 Å². The van der Waals surface area contributed by atoms with Crippen LogP contribution in [0, 0.1) is 13.8 Å². The number of hydrogen-bond donors (Lipinski definition) is 1. The van der Waals surface area contributed by atoms with E-state index < -0.39 is 0 Å². The number of rotatable bonds is 2. The highest BCUT2D eigenvalue weighted by atomic mass is 15.4. The topological polar surface area (TPSA) is 69.1 Å². The Morgan fingerprint density at radius 1 is 1.05 bits per heavy atom. The first-order valence-corrected chi connectivity index (χ1v) is 6.62. The maximum absolute atomic E-state index is 5.89. The van der Waals surface area contributed by atoms with Crippen LogP contribution >= 0.6 is 0 Å². The van der Waals surface area contributed by atoms with Crippen molar-refractivity contribution in [3.8, 4) is 11.3 Å². The van der Waals surface area contributed by atoms with E-state index in [1.807, 2.05) is 19.1 Å². The molecule has 0 aliphatic rings. The molecule has 2 aromatic heterocycles. The first-order valence-electron chi connectivity index (χ1n) is 6.62. The molecule has 0 saturated carbocycles. The van der Waals surface area contributed by atoms with Gasteiger partial charge in [-0.15, -0.1) is 10.2 Å². The lowest BCUT2D eigenvalue weighted by Gasteiger charge is -2.07. The molecule has 3 rings (SSSR count). The molecule has 0 fully saturated rings. The molecule has 2 N–H and O–H groups in total. The molecule has 0 saturated heterocycles. The Morgan fingerprint density at radius 2 is 1.85 bits per heavy atom. The van der Waals surface area contributed by atoms with E-state index >= 15 is 0 Å². The van der Waals surface area contributed by atoms with Gasteiger partial charge in [0, 0.05) is 5.56 Å². The van der Waals surface area contributed by atoms with Gasteiger partial charge in [-0.05, 0) is 50.1 Å². The molecule has 1 aromatic carbocycles. The Labute approximate surface area is 117 Å². The van der Waals surface area contributed by atoms with Gasteiger partial charge in [-0.3, -0.25) is 0 Å². The second kappa shape index (κ2) is 4.68. The standard InChI is InChI=1S/C15H17N5/c1-9-4-5-12(8-10(9)2)13-6-7-14-17-18-15(11(3)16)20(14)19-13/h4-8,11H,16H2,1-3H3. The Kier molecular flexibility index (Phi) is 2.99. The molecule has 1 atom stereocenters. The van der Waals surface area contributed by atoms with E-state index in [2.05, 4.69) is 47.3 Å². The van der Waals surface area contributed by atoms with Crippen molar-refractivity contribution in [3.05, 3.63) is 47.3 Å². The zero-order chi connectivity index (χ0) is 14.3. The molecule has 1 unspecified atom stereocenters. The maximum atomic E-state index is 5.89. The molecule has 0 spiro atoms. The predicted octanol–water partition coefficient (Wildman–Crippen LogP) is 2.43. The molecule has 0 radical (unpaired) electrons. The molecular weight excluding hydrogens is 250 g/mol. The van der Waals surface area contributed by atoms with Gasteiger partial charge in [0.05, 0.1) is 11.7 Å². The lowest BCUT2D eigenvalue weighted by Crippen LogP contribution is -2.11. The van der Waals surface area contributed by atoms with Gasteiger partial charge in [-0.25, -0.2) is 0 Å². The zero-order valence-corrected chi connectivity index (χ0v) is 11.8. The van der Waals surface area contributed by atoms with E-state index in [0.717, 1.165) is 11.3 Å². The Hall–Kier alpha value is -2.27. The first-order chi connectivity index (χ1) is 9.56. The molecular formula is C15H17N5. The molecule has 0 amide bonds. The molecule has 5 heteroatoms. The normalized spacial score (nSPS) is 12.8. The number of fused-ring (bicyclic) bond motifs is 1. The minimum absolute atomic E-state index is 0.201. The molecule has 0 aliphatic carbocycles. The summed E-state index contributed by atoms with van der Waals surface area (Å²) in [5, 5.41) is 12.8. The van der Waals surface area contributed by atoms with Crippen molar-refractivity contribution in [2.75, 3.05) is 0 Å². The molecule has 20 heavy (non-hydrogen) atoms. The van der Waals surface area contributed by atoms with E-state index in [0.29, 0.717) is 11.5 Å². The van der Waals surface area contributed by atoms with Crippen LogP contribution in [0.25, 0.3) is 16.9 Å². The van der Waals surface area contributed by atoms with Crippen molar-refractivity contribution in [2.45, 2.75) is 26.8 Å². The van der Waals surface area contributed by atoms with Gasteiger partial charge in [0.2, 0.25) is 0 Å². The SMILES string of the molecule is Cc1ccc(-c2ccc3nnc(C(C)N)n3n2)cc1C. The maximum Gasteiger partial charge on any atom is 0.178 e. The third kappa shape index (κ3) is 2.06. The van der Waals surface area contributed by atoms with E-state index in [9.17, 15) is 0 Å². The van der Waals surface area contributed by atoms with E-state index in [-0.39, 0.29) is 6.04 Å². The van der Waals surface area contributed by atoms with Crippen molar-refractivity contribution in [3.63, 3.8) is 0 Å². The highest BCUT2D eigenvalue weighted by Gasteiger charge is 2.12. The average molecular weight is 267 g/mol. The third-order valence-corrected chi connectivity index (χ3v) is 3.50. The van der Waals surface area contributed by atoms with E-state index in [4.69, 9.17) is 5.73 Å². The molecule has 5 nitrogen and oxygen atoms in total. The predicted molar refractivity (Wildman–Crippen MR) is 78.3 cm³/mol. The summed E-state index contributed by atoms with van der Waals surface area (Å²) in [5.74, 6) is 0.672. The summed E-state index contributed by atoms with van der Waals surface area (Å²) >= 11 is 0. The molecule has 0 bridgehead atoms. The lowest BCUT2D eigenvalue weighted by atomic mass is 10.0. The Bertz CT molecular complexity index is 773. The van der Waals surface area contributed by atoms with Crippen LogP contribution in [0.5, 0.6) is 0 Å². The first kappa shape index (κ1) is 12.7. The highest BCUT2D eigenvalue weighted by molar-refractivity contribution is 5.61. The van der Waals surface area contributed by atoms with Crippen molar-refractivity contribution < 1.29 is 0 Å². The Balaban J connectivity index is 2.16. The number of aryl methyl sites for hydroxylation is 2. The van der Waals surface area contributed by atoms with E-state index in [1.54, 1.807) is 4.52 Å². The smallest absolute Gasteiger partial charge is 0.178 e. The van der Waals surface area contributed by atoms with Gasteiger partial charge in [0.25, 0.3) is 0 Å². The summed E-state index contributed by atoms with van der Waals surface area (Å²) < 4.78 is 1.72. The fourth-order valence-electron chi connectivity index (χ4n) is 2.14. The number of benzene rings is 1. The summed E-state index contributed by atoms with van der Waals surface area (Å²) in [4.78, 5) is 0. The fraction of sp³-hybridized carbons (Fsp3) is 0.267. The second-order valence-electron chi connectivity index (χ2n) is 5.13. The average Bonchev–Trinajstić information content (AvgIpc) is 2.85. The van der Waals surface area contributed by atoms with Crippen LogP contribution in [-0.4, -0.2) is 19.8 Å². The van der Waals surface area contributed by atoms with Crippen molar-refractivity contribution in [1.82, 2.24) is 19.8 Å². The van der Waals surface area contributed by atoms with E-state index in [1.165, 1.54) is 11.1 Å². The van der Waals surface area contributed by atoms with Crippen LogP contribution in [0.4, 0.5) is 0 Å². The third-order valence-electron chi connectivity index (χ3n) is 3.50. The number of hydrogen-bond acceptors (Lipinski definition) is 4. The van der Waals surface area contributed by atoms with Crippen LogP contribution < -0.4 is 5.73 Å². The van der Waals surface area contributed by atoms with Crippen molar-refractivity contribution in [2.24, 2.45) is 5.73 Å². The van der Waals surface area contributed by atoms with Crippen LogP contribution in [0.3, 0.4) is 0 Å². The molecule has 2 heterocycles. The second-order valence-corrected chi connectivity index (χ2v) is 5.13. The van der Waals surface area contributed by atoms with Gasteiger partial charge >= 0.3 is 0 Å². The molecule has 0 aliphatic heterocycles. The molecule has 3 aromatic rings. The highest BCUT2D eigenvalue weighted by Crippen LogP contribution is 2.21. The van der Waals surface area contributed by atoms with Crippen LogP contribution in [-0.2, 0) is 0 Å². The largest absolute Gasteiger partial charge is 0.321 e. The molecule has 102 valence electrons. The number of aromatic nitrogens is 4. The minimum Gasteiger partial charge on any atom is -0.321 e. The fourth-order valence-corrected chi connectivity index (χ4v) is 2.14. The summed E-state index contributed by atoms with van der Waals surface area (Å²) in [7, 11) is 0. The van der Waals surface area contributed by atoms with Gasteiger partial charge in [0.15, 0.2) is 11.5 Å². The van der Waals surface area contributed by atoms with Gasteiger partial charge in [0.1, 0.15) is 0 Å². The van der Waals surface area contributed by atoms with Gasteiger partial charge in [-0.1, -0.05) is 12.1 Å². The summed E-state index contributed by atoms with van der Waals surface area (Å²) in [6, 6.07) is 9.99. The lowest BCUT2D eigenvalue weighted by molar-refractivity contribution is 0.696. The summed E-state index contributed by atoms with van der Waals surface area (Å²) in [6.07, 6.45) is 0. The number of nitrogens with two attached hydrogens (primary N) is 1. The quantitative estimate of drug-likeness (QED) is 0.774. The number of nitrogens with zero attached hydrogens (tertiary/aromatic N) is 4. The van der Waals surface area contributed by atoms with Crippen LogP contribution in [0.15, 0.2) is 30.3 Å². The van der Waals surface area contributed by atoms with Crippen LogP contribution in [0.1, 0.15) is 29.9 Å². The zero-order valence-electron chi connectivity index (χ0n) is 11.8. The summed E-state index contributed by atoms with van der Waals surface area (Å²) in [5.41, 5.74) is 11.1. The minimum atomic E-state index is -0.201.